The Hall–Kier alpha value is -3.38. The van der Waals surface area contributed by atoms with Crippen LogP contribution >= 0.6 is 0 Å². The van der Waals surface area contributed by atoms with E-state index in [0.29, 0.717) is 23.3 Å². The molecule has 0 aromatic heterocycles. The van der Waals surface area contributed by atoms with Gasteiger partial charge in [-0.15, -0.1) is 0 Å². The van der Waals surface area contributed by atoms with Crippen molar-refractivity contribution in [3.05, 3.63) is 101 Å². The summed E-state index contributed by atoms with van der Waals surface area (Å²) in [6, 6.07) is 25.9. The predicted octanol–water partition coefficient (Wildman–Crippen LogP) is 4.37. The minimum absolute atomic E-state index is 0.397. The maximum absolute atomic E-state index is 12.5. The molecule has 0 unspecified atom stereocenters. The molecule has 0 bridgehead atoms. The number of nitrogens with zero attached hydrogens (tertiary/aromatic N) is 1. The van der Waals surface area contributed by atoms with Crippen LogP contribution in [-0.2, 0) is 6.42 Å². The lowest BCUT2D eigenvalue weighted by atomic mass is 10.00. The van der Waals surface area contributed by atoms with Crippen LogP contribution in [0.1, 0.15) is 27.0 Å². The van der Waals surface area contributed by atoms with Gasteiger partial charge in [0.05, 0.1) is 17.2 Å². The molecule has 0 aliphatic heterocycles. The molecule has 0 N–H and O–H groups in total. The first-order valence-corrected chi connectivity index (χ1v) is 7.60. The highest BCUT2D eigenvalue weighted by Gasteiger charge is 2.13. The zero-order chi connectivity index (χ0) is 16.8. The molecule has 3 rings (SSSR count). The Bertz CT molecular complexity index is 878. The molecule has 3 nitrogen and oxygen atoms in total. The van der Waals surface area contributed by atoms with E-state index in [1.54, 1.807) is 30.3 Å². The molecule has 0 amide bonds. The molecular formula is C21H15NO2. The number of hydrogen-bond donors (Lipinski definition) is 0. The SMILES string of the molecule is N#Cc1ccc(OC(=O)c2ccccc2Cc2ccccc2)cc1. The van der Waals surface area contributed by atoms with E-state index in [1.807, 2.05) is 54.6 Å². The van der Waals surface area contributed by atoms with Crippen LogP contribution in [0.3, 0.4) is 0 Å². The highest BCUT2D eigenvalue weighted by molar-refractivity contribution is 5.92. The lowest BCUT2D eigenvalue weighted by molar-refractivity contribution is 0.0734. The van der Waals surface area contributed by atoms with Gasteiger partial charge in [-0.05, 0) is 47.9 Å². The first-order chi connectivity index (χ1) is 11.8. The maximum atomic E-state index is 12.5. The number of rotatable bonds is 4. The minimum atomic E-state index is -0.397. The van der Waals surface area contributed by atoms with Crippen LogP contribution in [-0.4, -0.2) is 5.97 Å². The summed E-state index contributed by atoms with van der Waals surface area (Å²) >= 11 is 0. The minimum Gasteiger partial charge on any atom is -0.423 e. The lowest BCUT2D eigenvalue weighted by Crippen LogP contribution is -2.11. The first kappa shape index (κ1) is 15.5. The lowest BCUT2D eigenvalue weighted by Gasteiger charge is -2.09. The summed E-state index contributed by atoms with van der Waals surface area (Å²) in [5, 5.41) is 8.81. The van der Waals surface area contributed by atoms with E-state index in [9.17, 15) is 4.79 Å². The van der Waals surface area contributed by atoms with E-state index in [-0.39, 0.29) is 0 Å². The van der Waals surface area contributed by atoms with E-state index in [0.717, 1.165) is 11.1 Å². The van der Waals surface area contributed by atoms with Crippen molar-refractivity contribution in [1.82, 2.24) is 0 Å². The third kappa shape index (κ3) is 3.68. The summed E-state index contributed by atoms with van der Waals surface area (Å²) in [6.07, 6.45) is 0.666. The standard InChI is InChI=1S/C21H15NO2/c22-15-17-10-12-19(13-11-17)24-21(23)20-9-5-4-8-18(20)14-16-6-2-1-3-7-16/h1-13H,14H2. The summed E-state index contributed by atoms with van der Waals surface area (Å²) in [4.78, 5) is 12.5. The molecule has 0 saturated carbocycles. The average Bonchev–Trinajstić information content (AvgIpc) is 2.63. The van der Waals surface area contributed by atoms with Crippen LogP contribution in [0.4, 0.5) is 0 Å². The fraction of sp³-hybridized carbons (Fsp3) is 0.0476. The quantitative estimate of drug-likeness (QED) is 0.531. The Morgan fingerprint density at radius 3 is 2.25 bits per heavy atom. The van der Waals surface area contributed by atoms with Gasteiger partial charge in [0.15, 0.2) is 0 Å². The zero-order valence-corrected chi connectivity index (χ0v) is 13.0. The van der Waals surface area contributed by atoms with Gasteiger partial charge in [-0.1, -0.05) is 48.5 Å². The second-order valence-electron chi connectivity index (χ2n) is 5.35. The van der Waals surface area contributed by atoms with Crippen LogP contribution < -0.4 is 4.74 Å². The maximum Gasteiger partial charge on any atom is 0.343 e. The summed E-state index contributed by atoms with van der Waals surface area (Å²) in [6.45, 7) is 0. The predicted molar refractivity (Wildman–Crippen MR) is 91.8 cm³/mol. The molecule has 3 aromatic carbocycles. The Morgan fingerprint density at radius 2 is 1.54 bits per heavy atom. The van der Waals surface area contributed by atoms with Crippen molar-refractivity contribution in [2.24, 2.45) is 0 Å². The van der Waals surface area contributed by atoms with E-state index in [2.05, 4.69) is 0 Å². The molecule has 0 heterocycles. The molecule has 0 spiro atoms. The number of benzene rings is 3. The summed E-state index contributed by atoms with van der Waals surface area (Å²) in [5.74, 6) is 0.0275. The molecule has 0 fully saturated rings. The average molecular weight is 313 g/mol. The Morgan fingerprint density at radius 1 is 0.875 bits per heavy atom. The molecule has 3 aromatic rings. The number of nitriles is 1. The van der Waals surface area contributed by atoms with Crippen molar-refractivity contribution >= 4 is 5.97 Å². The fourth-order valence-corrected chi connectivity index (χ4v) is 2.45. The van der Waals surface area contributed by atoms with Crippen molar-refractivity contribution in [2.45, 2.75) is 6.42 Å². The van der Waals surface area contributed by atoms with Crippen LogP contribution in [0.15, 0.2) is 78.9 Å². The van der Waals surface area contributed by atoms with E-state index in [4.69, 9.17) is 10.00 Å². The van der Waals surface area contributed by atoms with Crippen molar-refractivity contribution in [1.29, 1.82) is 5.26 Å². The largest absolute Gasteiger partial charge is 0.423 e. The molecule has 3 heteroatoms. The second-order valence-corrected chi connectivity index (χ2v) is 5.35. The molecule has 0 aliphatic rings. The molecule has 0 saturated heterocycles. The van der Waals surface area contributed by atoms with Gasteiger partial charge in [0.2, 0.25) is 0 Å². The van der Waals surface area contributed by atoms with E-state index < -0.39 is 5.97 Å². The van der Waals surface area contributed by atoms with Gasteiger partial charge < -0.3 is 4.74 Å². The highest BCUT2D eigenvalue weighted by atomic mass is 16.5. The van der Waals surface area contributed by atoms with Crippen molar-refractivity contribution in [3.8, 4) is 11.8 Å². The number of carbonyl (C=O) groups is 1. The number of esters is 1. The molecule has 0 atom stereocenters. The summed E-state index contributed by atoms with van der Waals surface area (Å²) in [7, 11) is 0. The van der Waals surface area contributed by atoms with Gasteiger partial charge in [-0.2, -0.15) is 5.26 Å². The van der Waals surface area contributed by atoms with Crippen LogP contribution in [0.5, 0.6) is 5.75 Å². The second kappa shape index (κ2) is 7.26. The van der Waals surface area contributed by atoms with Crippen LogP contribution in [0, 0.1) is 11.3 Å². The summed E-state index contributed by atoms with van der Waals surface area (Å²) in [5.41, 5.74) is 3.13. The number of hydrogen-bond acceptors (Lipinski definition) is 3. The normalized spacial score (nSPS) is 9.96. The van der Waals surface area contributed by atoms with Gasteiger partial charge in [0.25, 0.3) is 0 Å². The third-order valence-corrected chi connectivity index (χ3v) is 3.67. The van der Waals surface area contributed by atoms with Gasteiger partial charge in [0.1, 0.15) is 5.75 Å². The van der Waals surface area contributed by atoms with E-state index in [1.165, 1.54) is 0 Å². The van der Waals surface area contributed by atoms with Crippen LogP contribution in [0.25, 0.3) is 0 Å². The van der Waals surface area contributed by atoms with Crippen molar-refractivity contribution in [3.63, 3.8) is 0 Å². The Kier molecular flexibility index (Phi) is 4.69. The van der Waals surface area contributed by atoms with Gasteiger partial charge in [-0.25, -0.2) is 4.79 Å². The van der Waals surface area contributed by atoms with Gasteiger partial charge in [-0.3, -0.25) is 0 Å². The van der Waals surface area contributed by atoms with Crippen molar-refractivity contribution in [2.75, 3.05) is 0 Å². The Balaban J connectivity index is 1.80. The van der Waals surface area contributed by atoms with Gasteiger partial charge in [0, 0.05) is 0 Å². The topological polar surface area (TPSA) is 50.1 Å². The van der Waals surface area contributed by atoms with Gasteiger partial charge >= 0.3 is 5.97 Å². The Labute approximate surface area is 140 Å². The molecule has 24 heavy (non-hydrogen) atoms. The highest BCUT2D eigenvalue weighted by Crippen LogP contribution is 2.18. The monoisotopic (exact) mass is 313 g/mol. The molecular weight excluding hydrogens is 298 g/mol. The third-order valence-electron chi connectivity index (χ3n) is 3.67. The number of ether oxygens (including phenoxy) is 1. The molecule has 116 valence electrons. The summed E-state index contributed by atoms with van der Waals surface area (Å²) < 4.78 is 5.43. The fourth-order valence-electron chi connectivity index (χ4n) is 2.45. The molecule has 0 radical (unpaired) electrons. The smallest absolute Gasteiger partial charge is 0.343 e. The zero-order valence-electron chi connectivity index (χ0n) is 13.0. The van der Waals surface area contributed by atoms with Crippen molar-refractivity contribution < 1.29 is 9.53 Å². The first-order valence-electron chi connectivity index (χ1n) is 7.60. The number of carbonyl (C=O) groups excluding carboxylic acids is 1. The molecule has 0 aliphatic carbocycles. The van der Waals surface area contributed by atoms with E-state index >= 15 is 0 Å². The van der Waals surface area contributed by atoms with Crippen LogP contribution in [0.2, 0.25) is 0 Å².